The smallest absolute Gasteiger partial charge is 0.0295 e. The second kappa shape index (κ2) is 9.55. The zero-order valence-corrected chi connectivity index (χ0v) is 14.0. The molecule has 1 rings (SSSR count). The zero-order valence-electron chi connectivity index (χ0n) is 12.4. The quantitative estimate of drug-likeness (QED) is 0.562. The summed E-state index contributed by atoms with van der Waals surface area (Å²) in [5.41, 5.74) is 8.78. The summed E-state index contributed by atoms with van der Waals surface area (Å²) in [5.74, 6) is 0. The molecule has 0 fully saturated rings. The normalized spacial score (nSPS) is 12.6. The number of hydrogen-bond acceptors (Lipinski definition) is 1. The van der Waals surface area contributed by atoms with E-state index in [2.05, 4.69) is 48.0 Å². The average molecular weight is 326 g/mol. The van der Waals surface area contributed by atoms with Gasteiger partial charge >= 0.3 is 0 Å². The fourth-order valence-corrected chi connectivity index (χ4v) is 2.72. The lowest BCUT2D eigenvalue weighted by Gasteiger charge is -2.13. The largest absolute Gasteiger partial charge is 0.324 e. The van der Waals surface area contributed by atoms with Gasteiger partial charge in [0, 0.05) is 10.5 Å². The molecule has 0 saturated heterocycles. The molecule has 2 N–H and O–H groups in total. The van der Waals surface area contributed by atoms with Crippen molar-refractivity contribution in [1.82, 2.24) is 0 Å². The fourth-order valence-electron chi connectivity index (χ4n) is 2.33. The Morgan fingerprint density at radius 3 is 2.32 bits per heavy atom. The van der Waals surface area contributed by atoms with Gasteiger partial charge in [-0.25, -0.2) is 0 Å². The molecule has 0 aliphatic carbocycles. The van der Waals surface area contributed by atoms with Crippen molar-refractivity contribution in [2.75, 3.05) is 0 Å². The first-order valence-corrected chi connectivity index (χ1v) is 8.46. The maximum absolute atomic E-state index is 6.26. The highest BCUT2D eigenvalue weighted by molar-refractivity contribution is 9.10. The number of nitrogens with two attached hydrogens (primary N) is 1. The van der Waals surface area contributed by atoms with E-state index >= 15 is 0 Å². The van der Waals surface area contributed by atoms with Crippen LogP contribution in [0.2, 0.25) is 0 Å². The third-order valence-corrected chi connectivity index (χ3v) is 4.60. The standard InChI is InChI=1S/C17H28BrN/c1-3-4-5-6-7-8-9-10-17(19)15-12-11-14(2)16(18)13-15/h11-13,17H,3-10,19H2,1-2H3. The number of aryl methyl sites for hydroxylation is 1. The SMILES string of the molecule is CCCCCCCCCC(N)c1ccc(C)c(Br)c1. The summed E-state index contributed by atoms with van der Waals surface area (Å²) in [6.45, 7) is 4.37. The molecule has 0 aromatic heterocycles. The Balaban J connectivity index is 2.20. The number of rotatable bonds is 9. The van der Waals surface area contributed by atoms with Gasteiger partial charge in [0.25, 0.3) is 0 Å². The zero-order chi connectivity index (χ0) is 14.1. The van der Waals surface area contributed by atoms with Gasteiger partial charge in [0.15, 0.2) is 0 Å². The summed E-state index contributed by atoms with van der Waals surface area (Å²) in [6, 6.07) is 6.66. The van der Waals surface area contributed by atoms with Crippen LogP contribution in [0.3, 0.4) is 0 Å². The Bertz CT molecular complexity index is 362. The van der Waals surface area contributed by atoms with Crippen LogP contribution in [0.15, 0.2) is 22.7 Å². The van der Waals surface area contributed by atoms with E-state index in [0.717, 1.165) is 6.42 Å². The molecule has 1 unspecified atom stereocenters. The monoisotopic (exact) mass is 325 g/mol. The van der Waals surface area contributed by atoms with Gasteiger partial charge in [-0.05, 0) is 30.5 Å². The highest BCUT2D eigenvalue weighted by Gasteiger charge is 2.07. The summed E-state index contributed by atoms with van der Waals surface area (Å²) < 4.78 is 1.17. The molecule has 2 heteroatoms. The first kappa shape index (κ1) is 16.7. The molecule has 0 aliphatic rings. The van der Waals surface area contributed by atoms with Gasteiger partial charge in [-0.15, -0.1) is 0 Å². The number of benzene rings is 1. The molecule has 0 heterocycles. The van der Waals surface area contributed by atoms with Crippen molar-refractivity contribution in [2.24, 2.45) is 5.73 Å². The van der Waals surface area contributed by atoms with E-state index in [9.17, 15) is 0 Å². The number of hydrogen-bond donors (Lipinski definition) is 1. The van der Waals surface area contributed by atoms with Crippen LogP contribution < -0.4 is 5.73 Å². The first-order valence-electron chi connectivity index (χ1n) is 7.66. The highest BCUT2D eigenvalue weighted by atomic mass is 79.9. The Kier molecular flexibility index (Phi) is 8.40. The van der Waals surface area contributed by atoms with Crippen molar-refractivity contribution < 1.29 is 0 Å². The molecule has 0 bridgehead atoms. The molecule has 0 aliphatic heterocycles. The van der Waals surface area contributed by atoms with Gasteiger partial charge in [0.1, 0.15) is 0 Å². The maximum atomic E-state index is 6.26. The van der Waals surface area contributed by atoms with Gasteiger partial charge in [-0.2, -0.15) is 0 Å². The second-order valence-electron chi connectivity index (χ2n) is 5.53. The van der Waals surface area contributed by atoms with Crippen molar-refractivity contribution in [1.29, 1.82) is 0 Å². The first-order chi connectivity index (χ1) is 9.15. The lowest BCUT2D eigenvalue weighted by molar-refractivity contribution is 0.541. The molecule has 0 saturated carbocycles. The highest BCUT2D eigenvalue weighted by Crippen LogP contribution is 2.23. The van der Waals surface area contributed by atoms with Gasteiger partial charge in [-0.1, -0.05) is 79.9 Å². The molecule has 19 heavy (non-hydrogen) atoms. The van der Waals surface area contributed by atoms with Crippen LogP contribution in [0.25, 0.3) is 0 Å². The minimum absolute atomic E-state index is 0.188. The Morgan fingerprint density at radius 2 is 1.68 bits per heavy atom. The van der Waals surface area contributed by atoms with E-state index in [1.807, 2.05) is 0 Å². The van der Waals surface area contributed by atoms with E-state index in [-0.39, 0.29) is 6.04 Å². The van der Waals surface area contributed by atoms with Crippen LogP contribution in [-0.2, 0) is 0 Å². The van der Waals surface area contributed by atoms with E-state index in [0.29, 0.717) is 0 Å². The molecule has 1 aromatic rings. The summed E-state index contributed by atoms with van der Waals surface area (Å²) in [6.07, 6.45) is 10.5. The predicted octanol–water partition coefficient (Wildman–Crippen LogP) is 5.90. The van der Waals surface area contributed by atoms with Crippen LogP contribution in [0.5, 0.6) is 0 Å². The minimum Gasteiger partial charge on any atom is -0.324 e. The second-order valence-corrected chi connectivity index (χ2v) is 6.38. The third-order valence-electron chi connectivity index (χ3n) is 3.74. The molecule has 0 amide bonds. The van der Waals surface area contributed by atoms with E-state index in [1.165, 1.54) is 60.5 Å². The van der Waals surface area contributed by atoms with Gasteiger partial charge in [0.2, 0.25) is 0 Å². The van der Waals surface area contributed by atoms with Crippen LogP contribution in [0.1, 0.15) is 75.5 Å². The van der Waals surface area contributed by atoms with Crippen LogP contribution in [0.4, 0.5) is 0 Å². The lowest BCUT2D eigenvalue weighted by Crippen LogP contribution is -2.10. The average Bonchev–Trinajstić information content (AvgIpc) is 2.40. The van der Waals surface area contributed by atoms with Crippen LogP contribution in [0, 0.1) is 6.92 Å². The summed E-state index contributed by atoms with van der Waals surface area (Å²) in [7, 11) is 0. The molecule has 108 valence electrons. The third kappa shape index (κ3) is 6.58. The van der Waals surface area contributed by atoms with Crippen molar-refractivity contribution >= 4 is 15.9 Å². The predicted molar refractivity (Wildman–Crippen MR) is 88.4 cm³/mol. The topological polar surface area (TPSA) is 26.0 Å². The van der Waals surface area contributed by atoms with Gasteiger partial charge in [0.05, 0.1) is 0 Å². The molecule has 0 spiro atoms. The molecular weight excluding hydrogens is 298 g/mol. The van der Waals surface area contributed by atoms with Crippen LogP contribution >= 0.6 is 15.9 Å². The fraction of sp³-hybridized carbons (Fsp3) is 0.647. The van der Waals surface area contributed by atoms with Crippen molar-refractivity contribution in [3.63, 3.8) is 0 Å². The van der Waals surface area contributed by atoms with Crippen molar-refractivity contribution in [3.05, 3.63) is 33.8 Å². The number of unbranched alkanes of at least 4 members (excludes halogenated alkanes) is 6. The maximum Gasteiger partial charge on any atom is 0.0295 e. The van der Waals surface area contributed by atoms with E-state index < -0.39 is 0 Å². The van der Waals surface area contributed by atoms with Crippen LogP contribution in [-0.4, -0.2) is 0 Å². The Morgan fingerprint density at radius 1 is 1.05 bits per heavy atom. The Labute approximate surface area is 127 Å². The summed E-state index contributed by atoms with van der Waals surface area (Å²) in [4.78, 5) is 0. The number of halogens is 1. The summed E-state index contributed by atoms with van der Waals surface area (Å²) >= 11 is 3.58. The Hall–Kier alpha value is -0.340. The van der Waals surface area contributed by atoms with Crippen molar-refractivity contribution in [2.45, 2.75) is 71.3 Å². The lowest BCUT2D eigenvalue weighted by atomic mass is 9.99. The van der Waals surface area contributed by atoms with E-state index in [4.69, 9.17) is 5.73 Å². The molecule has 1 aromatic carbocycles. The van der Waals surface area contributed by atoms with E-state index in [1.54, 1.807) is 0 Å². The molecular formula is C17H28BrN. The molecule has 1 atom stereocenters. The molecule has 1 nitrogen and oxygen atoms in total. The van der Waals surface area contributed by atoms with Crippen molar-refractivity contribution in [3.8, 4) is 0 Å². The minimum atomic E-state index is 0.188. The summed E-state index contributed by atoms with van der Waals surface area (Å²) in [5, 5.41) is 0. The van der Waals surface area contributed by atoms with Gasteiger partial charge < -0.3 is 5.73 Å². The van der Waals surface area contributed by atoms with Gasteiger partial charge in [-0.3, -0.25) is 0 Å². The molecule has 0 radical (unpaired) electrons.